The molecule has 136 valence electrons. The van der Waals surface area contributed by atoms with Gasteiger partial charge >= 0.3 is 0 Å². The van der Waals surface area contributed by atoms with E-state index in [0.717, 1.165) is 26.1 Å². The Labute approximate surface area is 147 Å². The van der Waals surface area contributed by atoms with Gasteiger partial charge in [0.25, 0.3) is 0 Å². The summed E-state index contributed by atoms with van der Waals surface area (Å²) in [6.07, 6.45) is 1.19. The van der Waals surface area contributed by atoms with Crippen LogP contribution in [0.15, 0.2) is 18.2 Å². The zero-order valence-electron chi connectivity index (χ0n) is 14.8. The molecular formula is C18H25N3O4. The first-order valence-corrected chi connectivity index (χ1v) is 8.66. The number of rotatable bonds is 4. The van der Waals surface area contributed by atoms with Gasteiger partial charge in [0.05, 0.1) is 25.8 Å². The van der Waals surface area contributed by atoms with Gasteiger partial charge in [-0.3, -0.25) is 9.59 Å². The zero-order chi connectivity index (χ0) is 17.8. The fourth-order valence-electron chi connectivity index (χ4n) is 3.44. The van der Waals surface area contributed by atoms with E-state index in [0.29, 0.717) is 30.3 Å². The number of ether oxygens (including phenoxy) is 2. The lowest BCUT2D eigenvalue weighted by molar-refractivity contribution is -0.135. The van der Waals surface area contributed by atoms with Crippen LogP contribution >= 0.6 is 0 Å². The molecule has 0 spiro atoms. The lowest BCUT2D eigenvalue weighted by Crippen LogP contribution is -2.39. The number of benzene rings is 1. The number of nitrogens with zero attached hydrogens (tertiary/aromatic N) is 2. The van der Waals surface area contributed by atoms with Gasteiger partial charge in [0.1, 0.15) is 11.5 Å². The Hall–Kier alpha value is -2.28. The number of methoxy groups -OCH3 is 2. The molecule has 7 nitrogen and oxygen atoms in total. The standard InChI is InChI=1S/C18H25N3O4/c1-24-14-4-5-15(16(11-14)25-2)21-12-13(10-17(21)22)18(23)20-8-3-6-19-7-9-20/h4-5,11,13,19H,3,6-10,12H2,1-2H3/t13-/m1/s1. The molecule has 0 aromatic heterocycles. The molecule has 2 heterocycles. The predicted molar refractivity (Wildman–Crippen MR) is 94.1 cm³/mol. The van der Waals surface area contributed by atoms with Crippen molar-refractivity contribution in [3.05, 3.63) is 18.2 Å². The summed E-state index contributed by atoms with van der Waals surface area (Å²) in [5, 5.41) is 3.29. The van der Waals surface area contributed by atoms with Gasteiger partial charge < -0.3 is 24.6 Å². The van der Waals surface area contributed by atoms with Crippen LogP contribution in [0, 0.1) is 5.92 Å². The highest BCUT2D eigenvalue weighted by Crippen LogP contribution is 2.36. The quantitative estimate of drug-likeness (QED) is 0.875. The first-order valence-electron chi connectivity index (χ1n) is 8.66. The maximum Gasteiger partial charge on any atom is 0.228 e. The van der Waals surface area contributed by atoms with Crippen LogP contribution in [0.2, 0.25) is 0 Å². The van der Waals surface area contributed by atoms with E-state index in [4.69, 9.17) is 9.47 Å². The van der Waals surface area contributed by atoms with E-state index in [1.165, 1.54) is 0 Å². The van der Waals surface area contributed by atoms with Gasteiger partial charge in [0, 0.05) is 38.7 Å². The molecule has 1 N–H and O–H groups in total. The Morgan fingerprint density at radius 1 is 1.20 bits per heavy atom. The van der Waals surface area contributed by atoms with Crippen molar-refractivity contribution in [1.29, 1.82) is 0 Å². The van der Waals surface area contributed by atoms with E-state index < -0.39 is 0 Å². The maximum atomic E-state index is 12.8. The van der Waals surface area contributed by atoms with Gasteiger partial charge in [-0.25, -0.2) is 0 Å². The molecule has 0 unspecified atom stereocenters. The molecule has 2 fully saturated rings. The van der Waals surface area contributed by atoms with Crippen LogP contribution in [0.4, 0.5) is 5.69 Å². The third-order valence-electron chi connectivity index (χ3n) is 4.80. The highest BCUT2D eigenvalue weighted by molar-refractivity contribution is 6.01. The minimum Gasteiger partial charge on any atom is -0.497 e. The van der Waals surface area contributed by atoms with Crippen LogP contribution in [-0.2, 0) is 9.59 Å². The summed E-state index contributed by atoms with van der Waals surface area (Å²) in [5.41, 5.74) is 0.682. The SMILES string of the molecule is COc1ccc(N2C[C@H](C(=O)N3CCCNCC3)CC2=O)c(OC)c1. The lowest BCUT2D eigenvalue weighted by atomic mass is 10.1. The average molecular weight is 347 g/mol. The van der Waals surface area contributed by atoms with Gasteiger partial charge in [-0.1, -0.05) is 0 Å². The summed E-state index contributed by atoms with van der Waals surface area (Å²) in [4.78, 5) is 28.8. The van der Waals surface area contributed by atoms with Gasteiger partial charge in [-0.15, -0.1) is 0 Å². The summed E-state index contributed by atoms with van der Waals surface area (Å²) in [5.74, 6) is 0.968. The molecule has 0 saturated carbocycles. The molecule has 2 aliphatic rings. The summed E-state index contributed by atoms with van der Waals surface area (Å²) < 4.78 is 10.6. The van der Waals surface area contributed by atoms with Gasteiger partial charge in [0.2, 0.25) is 11.8 Å². The van der Waals surface area contributed by atoms with E-state index in [2.05, 4.69) is 5.32 Å². The molecule has 0 bridgehead atoms. The second-order valence-corrected chi connectivity index (χ2v) is 6.37. The number of carbonyl (C=O) groups excluding carboxylic acids is 2. The van der Waals surface area contributed by atoms with Crippen molar-refractivity contribution in [3.63, 3.8) is 0 Å². The van der Waals surface area contributed by atoms with Crippen molar-refractivity contribution in [1.82, 2.24) is 10.2 Å². The predicted octanol–water partition coefficient (Wildman–Crippen LogP) is 0.879. The number of nitrogens with one attached hydrogen (secondary N) is 1. The van der Waals surface area contributed by atoms with E-state index in [1.807, 2.05) is 4.90 Å². The first kappa shape index (κ1) is 17.5. The van der Waals surface area contributed by atoms with Gasteiger partial charge in [0.15, 0.2) is 0 Å². The number of hydrogen-bond donors (Lipinski definition) is 1. The van der Waals surface area contributed by atoms with Crippen molar-refractivity contribution in [3.8, 4) is 11.5 Å². The highest BCUT2D eigenvalue weighted by atomic mass is 16.5. The normalized spacial score (nSPS) is 21.2. The minimum atomic E-state index is -0.294. The maximum absolute atomic E-state index is 12.8. The van der Waals surface area contributed by atoms with Gasteiger partial charge in [-0.2, -0.15) is 0 Å². The molecule has 2 amide bonds. The molecule has 1 atom stereocenters. The second-order valence-electron chi connectivity index (χ2n) is 6.37. The Balaban J connectivity index is 1.75. The number of amides is 2. The van der Waals surface area contributed by atoms with Crippen molar-refractivity contribution in [2.45, 2.75) is 12.8 Å². The third kappa shape index (κ3) is 3.71. The third-order valence-corrected chi connectivity index (χ3v) is 4.80. The molecule has 3 rings (SSSR count). The fraction of sp³-hybridized carbons (Fsp3) is 0.556. The number of anilines is 1. The highest BCUT2D eigenvalue weighted by Gasteiger charge is 2.38. The Bertz CT molecular complexity index is 641. The zero-order valence-corrected chi connectivity index (χ0v) is 14.8. The summed E-state index contributed by atoms with van der Waals surface area (Å²) in [7, 11) is 3.14. The van der Waals surface area contributed by atoms with Crippen LogP contribution in [0.25, 0.3) is 0 Å². The van der Waals surface area contributed by atoms with Crippen molar-refractivity contribution < 1.29 is 19.1 Å². The first-order chi connectivity index (χ1) is 12.1. The molecule has 2 aliphatic heterocycles. The minimum absolute atomic E-state index is 0.0465. The molecule has 25 heavy (non-hydrogen) atoms. The van der Waals surface area contributed by atoms with Crippen LogP contribution < -0.4 is 19.7 Å². The molecule has 2 saturated heterocycles. The summed E-state index contributed by atoms with van der Waals surface area (Å²) in [6, 6.07) is 5.34. The van der Waals surface area contributed by atoms with Crippen molar-refractivity contribution in [2.75, 3.05) is 51.8 Å². The lowest BCUT2D eigenvalue weighted by Gasteiger charge is -2.24. The Kier molecular flexibility index (Phi) is 5.43. The molecule has 7 heteroatoms. The van der Waals surface area contributed by atoms with Crippen molar-refractivity contribution in [2.24, 2.45) is 5.92 Å². The Morgan fingerprint density at radius 3 is 2.80 bits per heavy atom. The van der Waals surface area contributed by atoms with Crippen LogP contribution in [0.5, 0.6) is 11.5 Å². The number of hydrogen-bond acceptors (Lipinski definition) is 5. The molecular weight excluding hydrogens is 322 g/mol. The topological polar surface area (TPSA) is 71.1 Å². The summed E-state index contributed by atoms with van der Waals surface area (Å²) in [6.45, 7) is 3.59. The average Bonchev–Trinajstić information content (AvgIpc) is 2.85. The van der Waals surface area contributed by atoms with E-state index in [9.17, 15) is 9.59 Å². The van der Waals surface area contributed by atoms with E-state index >= 15 is 0 Å². The largest absolute Gasteiger partial charge is 0.497 e. The van der Waals surface area contributed by atoms with Crippen molar-refractivity contribution >= 4 is 17.5 Å². The van der Waals surface area contributed by atoms with Gasteiger partial charge in [-0.05, 0) is 25.1 Å². The van der Waals surface area contributed by atoms with Crippen LogP contribution in [-0.4, -0.2) is 63.7 Å². The number of carbonyl (C=O) groups is 2. The smallest absolute Gasteiger partial charge is 0.228 e. The Morgan fingerprint density at radius 2 is 2.04 bits per heavy atom. The monoisotopic (exact) mass is 347 g/mol. The molecule has 1 aromatic rings. The van der Waals surface area contributed by atoms with Crippen LogP contribution in [0.1, 0.15) is 12.8 Å². The molecule has 1 aromatic carbocycles. The van der Waals surface area contributed by atoms with E-state index in [1.54, 1.807) is 37.3 Å². The van der Waals surface area contributed by atoms with E-state index in [-0.39, 0.29) is 24.2 Å². The fourth-order valence-corrected chi connectivity index (χ4v) is 3.44. The van der Waals surface area contributed by atoms with Crippen LogP contribution in [0.3, 0.4) is 0 Å². The molecule has 0 aliphatic carbocycles. The summed E-state index contributed by atoms with van der Waals surface area (Å²) >= 11 is 0. The second kappa shape index (κ2) is 7.74. The molecule has 0 radical (unpaired) electrons.